The first kappa shape index (κ1) is 15.6. The average Bonchev–Trinajstić information content (AvgIpc) is 3.19. The van der Waals surface area contributed by atoms with E-state index in [9.17, 15) is 4.79 Å². The van der Waals surface area contributed by atoms with E-state index in [0.29, 0.717) is 10.8 Å². The van der Waals surface area contributed by atoms with Gasteiger partial charge in [0.05, 0.1) is 17.7 Å². The molecule has 3 heterocycles. The maximum Gasteiger partial charge on any atom is 0.267 e. The summed E-state index contributed by atoms with van der Waals surface area (Å²) in [5, 5.41) is 3.92. The van der Waals surface area contributed by atoms with E-state index in [2.05, 4.69) is 9.59 Å². The van der Waals surface area contributed by atoms with Crippen LogP contribution in [0.25, 0.3) is 0 Å². The van der Waals surface area contributed by atoms with Gasteiger partial charge in [0, 0.05) is 13.1 Å². The SMILES string of the molecule is Cc1nnsc1C(=O)N1CCC(CSCc2ccco2)CC1. The highest BCUT2D eigenvalue weighted by Crippen LogP contribution is 2.25. The minimum atomic E-state index is 0.0918. The van der Waals surface area contributed by atoms with Crippen molar-refractivity contribution in [2.45, 2.75) is 25.5 Å². The smallest absolute Gasteiger partial charge is 0.267 e. The lowest BCUT2D eigenvalue weighted by Crippen LogP contribution is -2.38. The average molecular weight is 337 g/mol. The van der Waals surface area contributed by atoms with Gasteiger partial charge in [-0.3, -0.25) is 4.79 Å². The largest absolute Gasteiger partial charge is 0.468 e. The predicted molar refractivity (Wildman–Crippen MR) is 88.1 cm³/mol. The van der Waals surface area contributed by atoms with Crippen molar-refractivity contribution in [2.24, 2.45) is 5.92 Å². The number of piperidine rings is 1. The molecule has 2 aromatic heterocycles. The van der Waals surface area contributed by atoms with Crippen molar-refractivity contribution in [2.75, 3.05) is 18.8 Å². The molecule has 0 saturated carbocycles. The van der Waals surface area contributed by atoms with E-state index in [4.69, 9.17) is 4.42 Å². The third kappa shape index (κ3) is 3.70. The van der Waals surface area contributed by atoms with Crippen LogP contribution in [0.4, 0.5) is 0 Å². The van der Waals surface area contributed by atoms with Crippen LogP contribution < -0.4 is 0 Å². The Morgan fingerprint density at radius 3 is 2.95 bits per heavy atom. The number of aromatic nitrogens is 2. The van der Waals surface area contributed by atoms with Gasteiger partial charge < -0.3 is 9.32 Å². The lowest BCUT2D eigenvalue weighted by atomic mass is 9.99. The number of rotatable bonds is 5. The monoisotopic (exact) mass is 337 g/mol. The summed E-state index contributed by atoms with van der Waals surface area (Å²) in [6.45, 7) is 3.51. The highest BCUT2D eigenvalue weighted by atomic mass is 32.2. The van der Waals surface area contributed by atoms with Gasteiger partial charge in [0.25, 0.3) is 5.91 Å². The van der Waals surface area contributed by atoms with Crippen molar-refractivity contribution in [3.63, 3.8) is 0 Å². The number of amides is 1. The number of hydrogen-bond donors (Lipinski definition) is 0. The molecule has 1 aliphatic rings. The molecule has 1 fully saturated rings. The van der Waals surface area contributed by atoms with E-state index in [1.807, 2.05) is 35.7 Å². The van der Waals surface area contributed by atoms with Crippen molar-refractivity contribution in [1.82, 2.24) is 14.5 Å². The number of carbonyl (C=O) groups is 1. The summed E-state index contributed by atoms with van der Waals surface area (Å²) >= 11 is 3.11. The zero-order chi connectivity index (χ0) is 15.4. The van der Waals surface area contributed by atoms with Crippen LogP contribution in [0, 0.1) is 12.8 Å². The number of likely N-dealkylation sites (tertiary alicyclic amines) is 1. The van der Waals surface area contributed by atoms with Gasteiger partial charge in [-0.1, -0.05) is 4.49 Å². The van der Waals surface area contributed by atoms with Gasteiger partial charge in [0.2, 0.25) is 0 Å². The molecule has 1 aliphatic heterocycles. The summed E-state index contributed by atoms with van der Waals surface area (Å²) in [5.74, 6) is 3.87. The van der Waals surface area contributed by atoms with Gasteiger partial charge >= 0.3 is 0 Å². The minimum Gasteiger partial charge on any atom is -0.468 e. The van der Waals surface area contributed by atoms with Crippen molar-refractivity contribution >= 4 is 29.2 Å². The molecule has 0 aliphatic carbocycles. The summed E-state index contributed by atoms with van der Waals surface area (Å²) in [7, 11) is 0. The van der Waals surface area contributed by atoms with Crippen molar-refractivity contribution in [3.8, 4) is 0 Å². The number of aryl methyl sites for hydroxylation is 1. The highest BCUT2D eigenvalue weighted by Gasteiger charge is 2.26. The van der Waals surface area contributed by atoms with Gasteiger partial charge in [-0.15, -0.1) is 5.10 Å². The first-order chi connectivity index (χ1) is 10.7. The van der Waals surface area contributed by atoms with Gasteiger partial charge in [0.1, 0.15) is 10.6 Å². The molecule has 0 N–H and O–H groups in total. The van der Waals surface area contributed by atoms with E-state index < -0.39 is 0 Å². The molecule has 0 radical (unpaired) electrons. The number of nitrogens with zero attached hydrogens (tertiary/aromatic N) is 3. The summed E-state index contributed by atoms with van der Waals surface area (Å²) in [6, 6.07) is 3.94. The zero-order valence-electron chi connectivity index (χ0n) is 12.5. The minimum absolute atomic E-state index is 0.0918. The molecule has 118 valence electrons. The number of carbonyl (C=O) groups excluding carboxylic acids is 1. The van der Waals surface area contributed by atoms with Crippen LogP contribution >= 0.6 is 23.3 Å². The van der Waals surface area contributed by atoms with Gasteiger partial charge in [-0.2, -0.15) is 11.8 Å². The molecule has 3 rings (SSSR count). The van der Waals surface area contributed by atoms with E-state index in [1.54, 1.807) is 6.26 Å². The summed E-state index contributed by atoms with van der Waals surface area (Å²) in [4.78, 5) is 15.0. The van der Waals surface area contributed by atoms with Gasteiger partial charge in [-0.05, 0) is 55.1 Å². The van der Waals surface area contributed by atoms with Crippen molar-refractivity contribution in [1.29, 1.82) is 0 Å². The van der Waals surface area contributed by atoms with Crippen LogP contribution in [-0.2, 0) is 5.75 Å². The number of hydrogen-bond acceptors (Lipinski definition) is 6. The van der Waals surface area contributed by atoms with Crippen LogP contribution in [0.2, 0.25) is 0 Å². The third-order valence-electron chi connectivity index (χ3n) is 3.93. The highest BCUT2D eigenvalue weighted by molar-refractivity contribution is 7.98. The Labute approximate surface area is 138 Å². The Kier molecular flexibility index (Phi) is 5.15. The van der Waals surface area contributed by atoms with Crippen LogP contribution in [0.15, 0.2) is 22.8 Å². The van der Waals surface area contributed by atoms with E-state index in [0.717, 1.165) is 48.9 Å². The molecule has 0 bridgehead atoms. The van der Waals surface area contributed by atoms with E-state index in [1.165, 1.54) is 11.5 Å². The second kappa shape index (κ2) is 7.28. The maximum absolute atomic E-state index is 12.4. The topological polar surface area (TPSA) is 59.2 Å². The van der Waals surface area contributed by atoms with Crippen molar-refractivity contribution in [3.05, 3.63) is 34.7 Å². The second-order valence-electron chi connectivity index (χ2n) is 5.52. The molecule has 0 unspecified atom stereocenters. The van der Waals surface area contributed by atoms with Crippen LogP contribution in [-0.4, -0.2) is 39.2 Å². The molecule has 1 amide bonds. The fourth-order valence-electron chi connectivity index (χ4n) is 2.59. The maximum atomic E-state index is 12.4. The molecule has 0 aromatic carbocycles. The Morgan fingerprint density at radius 1 is 1.50 bits per heavy atom. The molecular formula is C15H19N3O2S2. The standard InChI is InChI=1S/C15H19N3O2S2/c1-11-14(22-17-16-11)15(19)18-6-4-12(5-7-18)9-21-10-13-3-2-8-20-13/h2-3,8,12H,4-7,9-10H2,1H3. The Hall–Kier alpha value is -1.34. The Balaban J connectivity index is 1.42. The van der Waals surface area contributed by atoms with Crippen LogP contribution in [0.1, 0.15) is 34.0 Å². The Morgan fingerprint density at radius 2 is 2.32 bits per heavy atom. The molecular weight excluding hydrogens is 318 g/mol. The van der Waals surface area contributed by atoms with Crippen molar-refractivity contribution < 1.29 is 9.21 Å². The Bertz CT molecular complexity index is 604. The van der Waals surface area contributed by atoms with Gasteiger partial charge in [-0.25, -0.2) is 0 Å². The summed E-state index contributed by atoms with van der Waals surface area (Å²) in [5.41, 5.74) is 0.742. The molecule has 2 aromatic rings. The normalized spacial score (nSPS) is 16.1. The van der Waals surface area contributed by atoms with Crippen LogP contribution in [0.5, 0.6) is 0 Å². The molecule has 5 nitrogen and oxygen atoms in total. The fraction of sp³-hybridized carbons (Fsp3) is 0.533. The lowest BCUT2D eigenvalue weighted by molar-refractivity contribution is 0.0702. The van der Waals surface area contributed by atoms with Crippen LogP contribution in [0.3, 0.4) is 0 Å². The summed E-state index contributed by atoms with van der Waals surface area (Å²) < 4.78 is 9.19. The van der Waals surface area contributed by atoms with Gasteiger partial charge in [0.15, 0.2) is 0 Å². The molecule has 22 heavy (non-hydrogen) atoms. The molecule has 0 spiro atoms. The first-order valence-corrected chi connectivity index (χ1v) is 9.35. The first-order valence-electron chi connectivity index (χ1n) is 7.42. The third-order valence-corrected chi connectivity index (χ3v) is 5.94. The van der Waals surface area contributed by atoms with E-state index >= 15 is 0 Å². The fourth-order valence-corrected chi connectivity index (χ4v) is 4.37. The molecule has 1 saturated heterocycles. The molecule has 7 heteroatoms. The quantitative estimate of drug-likeness (QED) is 0.838. The second-order valence-corrected chi connectivity index (χ2v) is 7.30. The number of furan rings is 1. The predicted octanol–water partition coefficient (Wildman–Crippen LogP) is 3.23. The van der Waals surface area contributed by atoms with E-state index in [-0.39, 0.29) is 5.91 Å². The zero-order valence-corrected chi connectivity index (χ0v) is 14.2. The summed E-state index contributed by atoms with van der Waals surface area (Å²) in [6.07, 6.45) is 3.86. The number of thioether (sulfide) groups is 1. The lowest BCUT2D eigenvalue weighted by Gasteiger charge is -2.31. The molecule has 0 atom stereocenters.